The van der Waals surface area contributed by atoms with E-state index >= 15 is 0 Å². The number of nitrogens with zero attached hydrogens (tertiary/aromatic N) is 1. The monoisotopic (exact) mass is 229 g/mol. The van der Waals surface area contributed by atoms with E-state index in [9.17, 15) is 14.9 Å². The molecule has 0 aliphatic carbocycles. The number of halogens is 1. The summed E-state index contributed by atoms with van der Waals surface area (Å²) >= 11 is 5.56. The lowest BCUT2D eigenvalue weighted by atomic mass is 10.1. The number of ether oxygens (including phenoxy) is 1. The van der Waals surface area contributed by atoms with Crippen molar-refractivity contribution in [3.63, 3.8) is 0 Å². The van der Waals surface area contributed by atoms with Gasteiger partial charge in [-0.1, -0.05) is 6.07 Å². The van der Waals surface area contributed by atoms with Crippen LogP contribution in [0.25, 0.3) is 0 Å². The van der Waals surface area contributed by atoms with Crippen LogP contribution in [0.2, 0.25) is 0 Å². The Morgan fingerprint density at radius 3 is 2.73 bits per heavy atom. The lowest BCUT2D eigenvalue weighted by Gasteiger charge is -2.02. The Morgan fingerprint density at radius 2 is 2.27 bits per heavy atom. The molecule has 0 amide bonds. The number of esters is 1. The smallest absolute Gasteiger partial charge is 0.344 e. The minimum atomic E-state index is -0.742. The van der Waals surface area contributed by atoms with E-state index in [1.54, 1.807) is 0 Å². The van der Waals surface area contributed by atoms with Crippen molar-refractivity contribution in [3.8, 4) is 0 Å². The van der Waals surface area contributed by atoms with Crippen LogP contribution < -0.4 is 0 Å². The molecule has 0 aromatic heterocycles. The van der Waals surface area contributed by atoms with Gasteiger partial charge < -0.3 is 4.74 Å². The molecule has 0 unspecified atom stereocenters. The zero-order valence-corrected chi connectivity index (χ0v) is 8.65. The summed E-state index contributed by atoms with van der Waals surface area (Å²) in [5.74, 6) is -0.559. The maximum Gasteiger partial charge on any atom is 0.344 e. The fourth-order valence-corrected chi connectivity index (χ4v) is 1.27. The highest BCUT2D eigenvalue weighted by Crippen LogP contribution is 2.21. The number of nitro groups is 1. The number of hydrogen-bond donors (Lipinski definition) is 0. The Hall–Kier alpha value is -1.62. The summed E-state index contributed by atoms with van der Waals surface area (Å²) in [4.78, 5) is 21.2. The summed E-state index contributed by atoms with van der Waals surface area (Å²) in [5, 5.41) is 10.6. The molecule has 0 saturated heterocycles. The van der Waals surface area contributed by atoms with Crippen molar-refractivity contribution < 1.29 is 14.5 Å². The van der Waals surface area contributed by atoms with Gasteiger partial charge in [-0.2, -0.15) is 0 Å². The van der Waals surface area contributed by atoms with Gasteiger partial charge >= 0.3 is 5.97 Å². The molecule has 15 heavy (non-hydrogen) atoms. The van der Waals surface area contributed by atoms with Gasteiger partial charge in [0.05, 0.1) is 12.0 Å². The number of hydrogen-bond acceptors (Lipinski definition) is 4. The minimum absolute atomic E-state index is 0.0827. The predicted molar refractivity (Wildman–Crippen MR) is 54.0 cm³/mol. The highest BCUT2D eigenvalue weighted by atomic mass is 35.5. The predicted octanol–water partition coefficient (Wildman–Crippen LogP) is 2.12. The molecule has 5 nitrogen and oxygen atoms in total. The molecule has 1 aromatic rings. The molecule has 0 bridgehead atoms. The maximum atomic E-state index is 11.2. The van der Waals surface area contributed by atoms with Gasteiger partial charge in [0.1, 0.15) is 5.56 Å². The number of carbonyl (C=O) groups excluding carboxylic acids is 1. The molecule has 0 spiro atoms. The summed E-state index contributed by atoms with van der Waals surface area (Å²) in [6, 6.07) is 4.10. The second-order valence-electron chi connectivity index (χ2n) is 2.73. The molecule has 0 fully saturated rings. The second-order valence-corrected chi connectivity index (χ2v) is 3.00. The SMILES string of the molecule is COC(=O)c1cc(CCl)ccc1[N+](=O)[O-]. The summed E-state index contributed by atoms with van der Waals surface area (Å²) in [5.41, 5.74) is 0.263. The van der Waals surface area contributed by atoms with Crippen LogP contribution in [0.15, 0.2) is 18.2 Å². The topological polar surface area (TPSA) is 69.4 Å². The summed E-state index contributed by atoms with van der Waals surface area (Å²) in [6.45, 7) is 0. The molecule has 0 heterocycles. The van der Waals surface area contributed by atoms with Crippen molar-refractivity contribution in [1.82, 2.24) is 0 Å². The molecule has 0 radical (unpaired) electrons. The Morgan fingerprint density at radius 1 is 1.60 bits per heavy atom. The standard InChI is InChI=1S/C9H8ClNO4/c1-15-9(12)7-4-6(5-10)2-3-8(7)11(13)14/h2-4H,5H2,1H3. The number of methoxy groups -OCH3 is 1. The first-order valence-electron chi connectivity index (χ1n) is 4.01. The summed E-state index contributed by atoms with van der Waals surface area (Å²) in [6.07, 6.45) is 0. The molecule has 0 atom stereocenters. The highest BCUT2D eigenvalue weighted by molar-refractivity contribution is 6.17. The van der Waals surface area contributed by atoms with Gasteiger partial charge in [-0.05, 0) is 11.6 Å². The largest absolute Gasteiger partial charge is 0.465 e. The molecule has 1 aromatic carbocycles. The number of nitro benzene ring substituents is 1. The highest BCUT2D eigenvalue weighted by Gasteiger charge is 2.20. The first-order valence-corrected chi connectivity index (χ1v) is 4.55. The van der Waals surface area contributed by atoms with E-state index < -0.39 is 10.9 Å². The van der Waals surface area contributed by atoms with Gasteiger partial charge in [-0.15, -0.1) is 11.6 Å². The van der Waals surface area contributed by atoms with Crippen LogP contribution in [0.3, 0.4) is 0 Å². The van der Waals surface area contributed by atoms with E-state index in [1.807, 2.05) is 0 Å². The van der Waals surface area contributed by atoms with Gasteiger partial charge in [0, 0.05) is 11.9 Å². The molecule has 0 N–H and O–H groups in total. The van der Waals surface area contributed by atoms with Gasteiger partial charge in [0.15, 0.2) is 0 Å². The summed E-state index contributed by atoms with van der Waals surface area (Å²) < 4.78 is 4.44. The fourth-order valence-electron chi connectivity index (χ4n) is 1.10. The van der Waals surface area contributed by atoms with Gasteiger partial charge in [0.2, 0.25) is 0 Å². The van der Waals surface area contributed by atoms with Gasteiger partial charge in [0.25, 0.3) is 5.69 Å². The number of benzene rings is 1. The van der Waals surface area contributed by atoms with Crippen molar-refractivity contribution in [3.05, 3.63) is 39.4 Å². The van der Waals surface area contributed by atoms with E-state index in [1.165, 1.54) is 25.3 Å². The van der Waals surface area contributed by atoms with Crippen LogP contribution >= 0.6 is 11.6 Å². The summed E-state index contributed by atoms with van der Waals surface area (Å²) in [7, 11) is 1.17. The van der Waals surface area contributed by atoms with Crippen LogP contribution in [0, 0.1) is 10.1 Å². The minimum Gasteiger partial charge on any atom is -0.465 e. The van der Waals surface area contributed by atoms with Crippen molar-refractivity contribution in [2.75, 3.05) is 7.11 Å². The molecule has 0 aliphatic heterocycles. The number of carbonyl (C=O) groups is 1. The zero-order valence-electron chi connectivity index (χ0n) is 7.90. The van der Waals surface area contributed by atoms with Crippen LogP contribution in [0.5, 0.6) is 0 Å². The van der Waals surface area contributed by atoms with E-state index in [2.05, 4.69) is 4.74 Å². The third-order valence-electron chi connectivity index (χ3n) is 1.82. The Kier molecular flexibility index (Phi) is 3.62. The van der Waals surface area contributed by atoms with Gasteiger partial charge in [-0.3, -0.25) is 10.1 Å². The molecule has 0 saturated carbocycles. The molecule has 6 heteroatoms. The Balaban J connectivity index is 3.28. The van der Waals surface area contributed by atoms with E-state index in [0.717, 1.165) is 0 Å². The third-order valence-corrected chi connectivity index (χ3v) is 2.13. The fraction of sp³-hybridized carbons (Fsp3) is 0.222. The quantitative estimate of drug-likeness (QED) is 0.345. The Bertz CT molecular complexity index is 405. The number of rotatable bonds is 3. The molecule has 80 valence electrons. The number of alkyl halides is 1. The first kappa shape index (κ1) is 11.5. The van der Waals surface area contributed by atoms with Crippen LogP contribution in [-0.4, -0.2) is 18.0 Å². The normalized spacial score (nSPS) is 9.73. The van der Waals surface area contributed by atoms with Crippen LogP contribution in [0.1, 0.15) is 15.9 Å². The molecule has 1 rings (SSSR count). The first-order chi connectivity index (χ1) is 7.10. The van der Waals surface area contributed by atoms with E-state index in [-0.39, 0.29) is 17.1 Å². The third kappa shape index (κ3) is 2.44. The van der Waals surface area contributed by atoms with Crippen molar-refractivity contribution in [2.45, 2.75) is 5.88 Å². The average molecular weight is 230 g/mol. The average Bonchev–Trinajstić information content (AvgIpc) is 2.26. The Labute approximate surface area is 90.8 Å². The maximum absolute atomic E-state index is 11.2. The van der Waals surface area contributed by atoms with Crippen LogP contribution in [0.4, 0.5) is 5.69 Å². The molecule has 0 aliphatic rings. The van der Waals surface area contributed by atoms with Gasteiger partial charge in [-0.25, -0.2) is 4.79 Å². The van der Waals surface area contributed by atoms with Crippen LogP contribution in [-0.2, 0) is 10.6 Å². The molecular formula is C9H8ClNO4. The zero-order chi connectivity index (χ0) is 11.4. The van der Waals surface area contributed by atoms with Crippen molar-refractivity contribution >= 4 is 23.3 Å². The van der Waals surface area contributed by atoms with E-state index in [4.69, 9.17) is 11.6 Å². The van der Waals surface area contributed by atoms with Crippen molar-refractivity contribution in [2.24, 2.45) is 0 Å². The lowest BCUT2D eigenvalue weighted by molar-refractivity contribution is -0.385. The van der Waals surface area contributed by atoms with E-state index in [0.29, 0.717) is 5.56 Å². The lowest BCUT2D eigenvalue weighted by Crippen LogP contribution is -2.06. The molecular weight excluding hydrogens is 222 g/mol. The second kappa shape index (κ2) is 4.75. The van der Waals surface area contributed by atoms with Crippen molar-refractivity contribution in [1.29, 1.82) is 0 Å².